The summed E-state index contributed by atoms with van der Waals surface area (Å²) in [6, 6.07) is 0. The first-order valence-electron chi connectivity index (χ1n) is 9.43. The van der Waals surface area contributed by atoms with E-state index in [4.69, 9.17) is 5.73 Å². The molecule has 0 aromatic heterocycles. The van der Waals surface area contributed by atoms with E-state index in [0.717, 1.165) is 13.0 Å². The Morgan fingerprint density at radius 3 is 2.36 bits per heavy atom. The summed E-state index contributed by atoms with van der Waals surface area (Å²) in [5, 5.41) is 0. The van der Waals surface area contributed by atoms with Gasteiger partial charge in [-0.1, -0.05) is 70.4 Å². The lowest BCUT2D eigenvalue weighted by molar-refractivity contribution is 0.194. The Labute approximate surface area is 138 Å². The minimum Gasteiger partial charge on any atom is -0.316 e. The van der Waals surface area contributed by atoms with Gasteiger partial charge in [0.15, 0.2) is 0 Å². The summed E-state index contributed by atoms with van der Waals surface area (Å²) in [5.74, 6) is 0. The number of hydrogen-bond acceptors (Lipinski definition) is 3. The fraction of sp³-hybridized carbons (Fsp3) is 0.842. The molecule has 0 spiro atoms. The molecule has 0 saturated carbocycles. The molecule has 1 aliphatic heterocycles. The van der Waals surface area contributed by atoms with E-state index in [1.165, 1.54) is 64.2 Å². The van der Waals surface area contributed by atoms with Gasteiger partial charge in [0.05, 0.1) is 6.17 Å². The largest absolute Gasteiger partial charge is 0.316 e. The third-order valence-electron chi connectivity index (χ3n) is 4.46. The Balaban J connectivity index is 1.91. The Morgan fingerprint density at radius 1 is 1.09 bits per heavy atom. The highest BCUT2D eigenvalue weighted by atomic mass is 15.3. The fourth-order valence-electron chi connectivity index (χ4n) is 3.01. The van der Waals surface area contributed by atoms with Crippen LogP contribution in [-0.2, 0) is 0 Å². The maximum Gasteiger partial charge on any atom is 0.107 e. The maximum atomic E-state index is 5.95. The third-order valence-corrected chi connectivity index (χ3v) is 4.46. The summed E-state index contributed by atoms with van der Waals surface area (Å²) in [7, 11) is 0. The van der Waals surface area contributed by atoms with Crippen LogP contribution in [0.3, 0.4) is 0 Å². The van der Waals surface area contributed by atoms with E-state index in [0.29, 0.717) is 0 Å². The number of allylic oxidation sites excluding steroid dienone is 1. The molecule has 0 aliphatic carbocycles. The van der Waals surface area contributed by atoms with Crippen molar-refractivity contribution in [2.45, 2.75) is 96.8 Å². The Morgan fingerprint density at radius 2 is 1.73 bits per heavy atom. The standard InChI is InChI=1S/C19H37N3/c1-3-4-5-6-7-8-9-10-11-12-13-14-15-19-21-16-17-22(19)18(2)20/h13-14,16,18-19H,3-12,15,17,20H2,1-2H3/b14-13+. The quantitative estimate of drug-likeness (QED) is 0.389. The molecule has 0 radical (unpaired) electrons. The average molecular weight is 308 g/mol. The summed E-state index contributed by atoms with van der Waals surface area (Å²) in [4.78, 5) is 6.74. The first kappa shape index (κ1) is 19.4. The van der Waals surface area contributed by atoms with Gasteiger partial charge in [0.2, 0.25) is 0 Å². The Bertz CT molecular complexity index is 310. The van der Waals surface area contributed by atoms with Crippen LogP contribution in [0.5, 0.6) is 0 Å². The lowest BCUT2D eigenvalue weighted by atomic mass is 10.1. The van der Waals surface area contributed by atoms with Crippen LogP contribution in [0.15, 0.2) is 17.1 Å². The van der Waals surface area contributed by atoms with E-state index in [1.54, 1.807) is 0 Å². The topological polar surface area (TPSA) is 41.6 Å². The first-order valence-corrected chi connectivity index (χ1v) is 9.43. The van der Waals surface area contributed by atoms with Gasteiger partial charge < -0.3 is 5.73 Å². The van der Waals surface area contributed by atoms with Crippen molar-refractivity contribution in [2.75, 3.05) is 6.54 Å². The zero-order valence-corrected chi connectivity index (χ0v) is 14.8. The van der Waals surface area contributed by atoms with Crippen LogP contribution in [0.2, 0.25) is 0 Å². The van der Waals surface area contributed by atoms with Crippen molar-refractivity contribution in [2.24, 2.45) is 10.7 Å². The van der Waals surface area contributed by atoms with Gasteiger partial charge in [-0.05, 0) is 19.8 Å². The van der Waals surface area contributed by atoms with Crippen molar-refractivity contribution in [3.63, 3.8) is 0 Å². The van der Waals surface area contributed by atoms with Gasteiger partial charge in [-0.15, -0.1) is 0 Å². The molecule has 0 saturated heterocycles. The highest BCUT2D eigenvalue weighted by Gasteiger charge is 2.22. The number of unbranched alkanes of at least 4 members (excludes halogenated alkanes) is 9. The Hall–Kier alpha value is -0.670. The molecule has 0 bridgehead atoms. The summed E-state index contributed by atoms with van der Waals surface area (Å²) in [5.41, 5.74) is 5.95. The van der Waals surface area contributed by atoms with Crippen molar-refractivity contribution in [3.05, 3.63) is 12.2 Å². The van der Waals surface area contributed by atoms with Crippen LogP contribution in [0, 0.1) is 0 Å². The van der Waals surface area contributed by atoms with E-state index in [1.807, 2.05) is 13.1 Å². The molecule has 1 aliphatic rings. The number of hydrogen-bond donors (Lipinski definition) is 1. The highest BCUT2D eigenvalue weighted by molar-refractivity contribution is 5.62. The molecule has 0 aromatic carbocycles. The molecule has 2 N–H and O–H groups in total. The molecule has 0 aromatic rings. The van der Waals surface area contributed by atoms with Crippen LogP contribution < -0.4 is 5.73 Å². The minimum atomic E-state index is 0.0956. The van der Waals surface area contributed by atoms with E-state index in [-0.39, 0.29) is 12.3 Å². The van der Waals surface area contributed by atoms with Crippen molar-refractivity contribution < 1.29 is 0 Å². The lowest BCUT2D eigenvalue weighted by Crippen LogP contribution is -2.43. The summed E-state index contributed by atoms with van der Waals surface area (Å²) in [6.45, 7) is 5.21. The van der Waals surface area contributed by atoms with E-state index in [2.05, 4.69) is 29.0 Å². The smallest absolute Gasteiger partial charge is 0.107 e. The first-order chi connectivity index (χ1) is 10.8. The van der Waals surface area contributed by atoms with Crippen molar-refractivity contribution in [3.8, 4) is 0 Å². The third kappa shape index (κ3) is 8.70. The highest BCUT2D eigenvalue weighted by Crippen LogP contribution is 2.14. The molecular weight excluding hydrogens is 270 g/mol. The predicted molar refractivity (Wildman–Crippen MR) is 98.2 cm³/mol. The molecule has 3 heteroatoms. The molecule has 2 unspecified atom stereocenters. The van der Waals surface area contributed by atoms with Gasteiger partial charge in [-0.25, -0.2) is 0 Å². The summed E-state index contributed by atoms with van der Waals surface area (Å²) in [6.07, 6.45) is 21.8. The Kier molecular flexibility index (Phi) is 11.3. The van der Waals surface area contributed by atoms with Crippen LogP contribution in [0.25, 0.3) is 0 Å². The van der Waals surface area contributed by atoms with Crippen molar-refractivity contribution >= 4 is 6.21 Å². The molecule has 1 heterocycles. The normalized spacial score (nSPS) is 20.2. The van der Waals surface area contributed by atoms with E-state index >= 15 is 0 Å². The van der Waals surface area contributed by atoms with Gasteiger partial charge in [0, 0.05) is 19.2 Å². The van der Waals surface area contributed by atoms with Gasteiger partial charge in [0.1, 0.15) is 6.17 Å². The average Bonchev–Trinajstić information content (AvgIpc) is 2.97. The molecule has 2 atom stereocenters. The zero-order valence-electron chi connectivity index (χ0n) is 14.8. The molecule has 3 nitrogen and oxygen atoms in total. The fourth-order valence-corrected chi connectivity index (χ4v) is 3.01. The van der Waals surface area contributed by atoms with Gasteiger partial charge in [-0.3, -0.25) is 9.89 Å². The summed E-state index contributed by atoms with van der Waals surface area (Å²) < 4.78 is 0. The monoisotopic (exact) mass is 307 g/mol. The SMILES string of the molecule is CCCCCCCCCCC/C=C/CC1N=CCN1C(C)N. The van der Waals surface area contributed by atoms with Crippen LogP contribution in [0.1, 0.15) is 84.5 Å². The predicted octanol–water partition coefficient (Wildman–Crippen LogP) is 4.87. The molecular formula is C19H37N3. The molecule has 1 rings (SSSR count). The second kappa shape index (κ2) is 12.8. The van der Waals surface area contributed by atoms with Gasteiger partial charge in [0.25, 0.3) is 0 Å². The van der Waals surface area contributed by atoms with E-state index in [9.17, 15) is 0 Å². The zero-order chi connectivity index (χ0) is 16.0. The molecule has 0 fully saturated rings. The number of nitrogens with two attached hydrogens (primary N) is 1. The minimum absolute atomic E-state index is 0.0956. The molecule has 128 valence electrons. The van der Waals surface area contributed by atoms with Crippen LogP contribution in [0.4, 0.5) is 0 Å². The summed E-state index contributed by atoms with van der Waals surface area (Å²) >= 11 is 0. The number of nitrogens with zero attached hydrogens (tertiary/aromatic N) is 2. The number of aliphatic imine (C=N–C) groups is 1. The maximum absolute atomic E-state index is 5.95. The molecule has 22 heavy (non-hydrogen) atoms. The van der Waals surface area contributed by atoms with E-state index < -0.39 is 0 Å². The second-order valence-corrected chi connectivity index (χ2v) is 6.57. The number of rotatable bonds is 13. The van der Waals surface area contributed by atoms with Crippen LogP contribution in [-0.4, -0.2) is 30.0 Å². The van der Waals surface area contributed by atoms with Crippen molar-refractivity contribution in [1.82, 2.24) is 4.90 Å². The second-order valence-electron chi connectivity index (χ2n) is 6.57. The van der Waals surface area contributed by atoms with Gasteiger partial charge >= 0.3 is 0 Å². The molecule has 0 amide bonds. The van der Waals surface area contributed by atoms with Gasteiger partial charge in [-0.2, -0.15) is 0 Å². The van der Waals surface area contributed by atoms with Crippen LogP contribution >= 0.6 is 0 Å². The lowest BCUT2D eigenvalue weighted by Gasteiger charge is -2.25. The van der Waals surface area contributed by atoms with Crippen molar-refractivity contribution in [1.29, 1.82) is 0 Å².